The topological polar surface area (TPSA) is 52.6 Å². The molecule has 2 rings (SSSR count). The van der Waals surface area contributed by atoms with E-state index >= 15 is 0 Å². The largest absolute Gasteiger partial charge is 0.508 e. The molecule has 0 radical (unpaired) electrons. The van der Waals surface area contributed by atoms with Crippen molar-refractivity contribution in [2.45, 2.75) is 33.6 Å². The zero-order valence-electron chi connectivity index (χ0n) is 13.7. The first kappa shape index (κ1) is 16.4. The van der Waals surface area contributed by atoms with Gasteiger partial charge in [0.25, 0.3) is 0 Å². The number of benzene rings is 1. The summed E-state index contributed by atoms with van der Waals surface area (Å²) < 4.78 is 0. The molecule has 120 valence electrons. The first-order valence-corrected chi connectivity index (χ1v) is 7.86. The lowest BCUT2D eigenvalue weighted by Crippen LogP contribution is -2.43. The minimum atomic E-state index is 0.00277. The lowest BCUT2D eigenvalue weighted by molar-refractivity contribution is 0.200. The van der Waals surface area contributed by atoms with Gasteiger partial charge in [-0.25, -0.2) is 4.79 Å². The Morgan fingerprint density at radius 3 is 2.50 bits per heavy atom. The fourth-order valence-electron chi connectivity index (χ4n) is 2.62. The van der Waals surface area contributed by atoms with E-state index < -0.39 is 0 Å². The maximum absolute atomic E-state index is 12.1. The normalized spacial score (nSPS) is 15.4. The fourth-order valence-corrected chi connectivity index (χ4v) is 2.62. The van der Waals surface area contributed by atoms with Gasteiger partial charge in [0.05, 0.1) is 0 Å². The molecule has 1 aromatic carbocycles. The molecule has 0 unspecified atom stereocenters. The van der Waals surface area contributed by atoms with Crippen LogP contribution >= 0.6 is 0 Å². The molecular formula is C18H26N2O2. The molecule has 2 N–H and O–H groups in total. The fraction of sp³-hybridized carbons (Fsp3) is 0.500. The van der Waals surface area contributed by atoms with E-state index in [1.165, 1.54) is 5.57 Å². The smallest absolute Gasteiger partial charge is 0.317 e. The summed E-state index contributed by atoms with van der Waals surface area (Å²) in [6.45, 7) is 8.73. The highest BCUT2D eigenvalue weighted by molar-refractivity contribution is 5.74. The number of amides is 2. The van der Waals surface area contributed by atoms with Crippen molar-refractivity contribution in [2.75, 3.05) is 19.6 Å². The van der Waals surface area contributed by atoms with Gasteiger partial charge in [0, 0.05) is 19.6 Å². The number of phenols is 1. The Kier molecular flexibility index (Phi) is 5.11. The van der Waals surface area contributed by atoms with Gasteiger partial charge in [-0.15, -0.1) is 0 Å². The summed E-state index contributed by atoms with van der Waals surface area (Å²) in [5.41, 5.74) is 2.73. The molecule has 0 fully saturated rings. The van der Waals surface area contributed by atoms with Crippen LogP contribution in [0.1, 0.15) is 32.8 Å². The summed E-state index contributed by atoms with van der Waals surface area (Å²) in [6, 6.07) is 7.09. The van der Waals surface area contributed by atoms with Gasteiger partial charge >= 0.3 is 6.03 Å². The molecule has 22 heavy (non-hydrogen) atoms. The molecule has 0 aromatic heterocycles. The number of carbonyl (C=O) groups excluding carboxylic acids is 1. The van der Waals surface area contributed by atoms with Crippen molar-refractivity contribution in [3.8, 4) is 5.75 Å². The van der Waals surface area contributed by atoms with E-state index in [9.17, 15) is 9.90 Å². The standard InChI is InChI=1S/C18H26N2O2/c1-18(2,3)15-9-12-20(13-10-15)17(22)19-11-8-14-4-6-16(21)7-5-14/h4-7,9,21H,8,10-13H2,1-3H3,(H,19,22). The van der Waals surface area contributed by atoms with Gasteiger partial charge in [-0.05, 0) is 36.0 Å². The molecule has 1 aromatic rings. The number of rotatable bonds is 3. The molecule has 0 bridgehead atoms. The van der Waals surface area contributed by atoms with E-state index in [1.54, 1.807) is 12.1 Å². The number of urea groups is 1. The number of nitrogens with one attached hydrogen (secondary N) is 1. The minimum absolute atomic E-state index is 0.00277. The monoisotopic (exact) mass is 302 g/mol. The Bertz CT molecular complexity index is 541. The van der Waals surface area contributed by atoms with Crippen molar-refractivity contribution in [1.29, 1.82) is 0 Å². The highest BCUT2D eigenvalue weighted by atomic mass is 16.3. The van der Waals surface area contributed by atoms with Crippen molar-refractivity contribution in [3.05, 3.63) is 41.5 Å². The minimum Gasteiger partial charge on any atom is -0.508 e. The summed E-state index contributed by atoms with van der Waals surface area (Å²) in [4.78, 5) is 14.0. The van der Waals surface area contributed by atoms with Crippen LogP contribution in [0.3, 0.4) is 0 Å². The number of carbonyl (C=O) groups is 1. The Hall–Kier alpha value is -1.97. The number of hydrogen-bond acceptors (Lipinski definition) is 2. The predicted molar refractivity (Wildman–Crippen MR) is 88.9 cm³/mol. The summed E-state index contributed by atoms with van der Waals surface area (Å²) in [5.74, 6) is 0.266. The molecular weight excluding hydrogens is 276 g/mol. The summed E-state index contributed by atoms with van der Waals surface area (Å²) in [6.07, 6.45) is 3.90. The van der Waals surface area contributed by atoms with Gasteiger partial charge in [-0.1, -0.05) is 44.6 Å². The highest BCUT2D eigenvalue weighted by Crippen LogP contribution is 2.29. The van der Waals surface area contributed by atoms with Gasteiger partial charge in [0.15, 0.2) is 0 Å². The van der Waals surface area contributed by atoms with E-state index in [0.717, 1.165) is 24.9 Å². The quantitative estimate of drug-likeness (QED) is 0.842. The molecule has 2 amide bonds. The third-order valence-electron chi connectivity index (χ3n) is 4.09. The Balaban J connectivity index is 1.77. The molecule has 0 saturated carbocycles. The van der Waals surface area contributed by atoms with Crippen molar-refractivity contribution in [3.63, 3.8) is 0 Å². The van der Waals surface area contributed by atoms with Gasteiger partial charge in [0.1, 0.15) is 5.75 Å². The van der Waals surface area contributed by atoms with E-state index in [2.05, 4.69) is 32.2 Å². The molecule has 4 heteroatoms. The number of phenolic OH excluding ortho intramolecular Hbond substituents is 1. The Morgan fingerprint density at radius 1 is 1.27 bits per heavy atom. The molecule has 4 nitrogen and oxygen atoms in total. The van der Waals surface area contributed by atoms with Crippen LogP contribution < -0.4 is 5.32 Å². The molecule has 0 aliphatic carbocycles. The summed E-state index contributed by atoms with van der Waals surface area (Å²) in [7, 11) is 0. The van der Waals surface area contributed by atoms with Gasteiger partial charge in [-0.3, -0.25) is 0 Å². The van der Waals surface area contributed by atoms with Crippen molar-refractivity contribution in [1.82, 2.24) is 10.2 Å². The average Bonchev–Trinajstić information content (AvgIpc) is 2.48. The summed E-state index contributed by atoms with van der Waals surface area (Å²) >= 11 is 0. The van der Waals surface area contributed by atoms with Crippen LogP contribution in [-0.2, 0) is 6.42 Å². The van der Waals surface area contributed by atoms with Gasteiger partial charge in [-0.2, -0.15) is 0 Å². The molecule has 1 aliphatic rings. The molecule has 1 aliphatic heterocycles. The van der Waals surface area contributed by atoms with Crippen LogP contribution in [0.5, 0.6) is 5.75 Å². The van der Waals surface area contributed by atoms with Crippen LogP contribution in [0.25, 0.3) is 0 Å². The lowest BCUT2D eigenvalue weighted by atomic mass is 9.83. The Labute approximate surface area is 132 Å². The maximum atomic E-state index is 12.1. The van der Waals surface area contributed by atoms with Gasteiger partial charge in [0.2, 0.25) is 0 Å². The number of aromatic hydroxyl groups is 1. The van der Waals surface area contributed by atoms with Crippen LogP contribution in [0.4, 0.5) is 4.79 Å². The summed E-state index contributed by atoms with van der Waals surface area (Å²) in [5, 5.41) is 12.2. The van der Waals surface area contributed by atoms with Gasteiger partial charge < -0.3 is 15.3 Å². The van der Waals surface area contributed by atoms with Crippen LogP contribution in [0, 0.1) is 5.41 Å². The maximum Gasteiger partial charge on any atom is 0.317 e. The van der Waals surface area contributed by atoms with Crippen molar-refractivity contribution < 1.29 is 9.90 Å². The SMILES string of the molecule is CC(C)(C)C1=CCN(C(=O)NCCc2ccc(O)cc2)CC1. The third kappa shape index (κ3) is 4.52. The first-order chi connectivity index (χ1) is 10.4. The third-order valence-corrected chi connectivity index (χ3v) is 4.09. The van der Waals surface area contributed by atoms with E-state index in [4.69, 9.17) is 0 Å². The zero-order valence-corrected chi connectivity index (χ0v) is 13.7. The second kappa shape index (κ2) is 6.86. The number of hydrogen-bond donors (Lipinski definition) is 2. The van der Waals surface area contributed by atoms with E-state index in [1.807, 2.05) is 17.0 Å². The number of nitrogens with zero attached hydrogens (tertiary/aromatic N) is 1. The molecule has 1 heterocycles. The van der Waals surface area contributed by atoms with Crippen molar-refractivity contribution in [2.24, 2.45) is 5.41 Å². The highest BCUT2D eigenvalue weighted by Gasteiger charge is 2.23. The zero-order chi connectivity index (χ0) is 16.2. The Morgan fingerprint density at radius 2 is 1.95 bits per heavy atom. The van der Waals surface area contributed by atoms with Crippen LogP contribution in [0.2, 0.25) is 0 Å². The van der Waals surface area contributed by atoms with Crippen LogP contribution in [0.15, 0.2) is 35.9 Å². The molecule has 0 spiro atoms. The first-order valence-electron chi connectivity index (χ1n) is 7.86. The molecule has 0 atom stereocenters. The van der Waals surface area contributed by atoms with E-state index in [0.29, 0.717) is 13.1 Å². The predicted octanol–water partition coefficient (Wildman–Crippen LogP) is 3.32. The van der Waals surface area contributed by atoms with Crippen molar-refractivity contribution >= 4 is 6.03 Å². The van der Waals surface area contributed by atoms with E-state index in [-0.39, 0.29) is 17.2 Å². The van der Waals surface area contributed by atoms with Crippen LogP contribution in [-0.4, -0.2) is 35.7 Å². The second-order valence-corrected chi connectivity index (χ2v) is 6.82. The second-order valence-electron chi connectivity index (χ2n) is 6.82. The average molecular weight is 302 g/mol. The molecule has 0 saturated heterocycles. The lowest BCUT2D eigenvalue weighted by Gasteiger charge is -2.32.